The molecule has 1 saturated heterocycles. The lowest BCUT2D eigenvalue weighted by atomic mass is 9.69. The van der Waals surface area contributed by atoms with Gasteiger partial charge in [0, 0.05) is 25.6 Å². The lowest BCUT2D eigenvalue weighted by Crippen LogP contribution is -2.54. The number of ether oxygens (including phenoxy) is 2. The van der Waals surface area contributed by atoms with Crippen molar-refractivity contribution in [3.63, 3.8) is 0 Å². The molecule has 224 valence electrons. The van der Waals surface area contributed by atoms with Crippen LogP contribution >= 0.6 is 0 Å². The van der Waals surface area contributed by atoms with Crippen LogP contribution < -0.4 is 9.47 Å². The molecule has 4 aromatic carbocycles. The van der Waals surface area contributed by atoms with Crippen molar-refractivity contribution in [3.05, 3.63) is 131 Å². The van der Waals surface area contributed by atoms with Gasteiger partial charge in [-0.2, -0.15) is 8.42 Å². The minimum Gasteiger partial charge on any atom is -0.489 e. The Kier molecular flexibility index (Phi) is 9.12. The fourth-order valence-corrected chi connectivity index (χ4v) is 6.74. The van der Waals surface area contributed by atoms with Crippen molar-refractivity contribution in [1.29, 1.82) is 0 Å². The van der Waals surface area contributed by atoms with Crippen LogP contribution in [-0.2, 0) is 27.3 Å². The van der Waals surface area contributed by atoms with Crippen LogP contribution in [0.15, 0.2) is 103 Å². The summed E-state index contributed by atoms with van der Waals surface area (Å²) in [5.74, 6) is 2.44. The molecule has 43 heavy (non-hydrogen) atoms. The van der Waals surface area contributed by atoms with Crippen LogP contribution in [0.2, 0.25) is 0 Å². The first-order chi connectivity index (χ1) is 20.9. The van der Waals surface area contributed by atoms with Crippen LogP contribution in [0.25, 0.3) is 0 Å². The number of nitrogens with zero attached hydrogens (tertiary/aromatic N) is 1. The van der Waals surface area contributed by atoms with Crippen LogP contribution in [0.4, 0.5) is 0 Å². The molecule has 2 aliphatic rings. The summed E-state index contributed by atoms with van der Waals surface area (Å²) in [5.41, 5.74) is 6.56. The quantitative estimate of drug-likeness (QED) is 0.136. The van der Waals surface area contributed by atoms with Crippen molar-refractivity contribution in [2.75, 3.05) is 32.5 Å². The van der Waals surface area contributed by atoms with E-state index in [-0.39, 0.29) is 18.6 Å². The zero-order valence-electron chi connectivity index (χ0n) is 24.6. The molecular weight excluding hydrogens is 558 g/mol. The molecule has 0 N–H and O–H groups in total. The second-order valence-electron chi connectivity index (χ2n) is 11.6. The number of likely N-dealkylation sites (tertiary alicyclic amines) is 1. The highest BCUT2D eigenvalue weighted by molar-refractivity contribution is 7.85. The van der Waals surface area contributed by atoms with Gasteiger partial charge in [-0.25, -0.2) is 0 Å². The maximum absolute atomic E-state index is 11.1. The molecule has 1 heterocycles. The van der Waals surface area contributed by atoms with Gasteiger partial charge >= 0.3 is 0 Å². The third kappa shape index (κ3) is 7.66. The number of rotatable bonds is 12. The topological polar surface area (TPSA) is 65.1 Å². The number of aryl methyl sites for hydroxylation is 1. The van der Waals surface area contributed by atoms with Gasteiger partial charge in [-0.05, 0) is 77.3 Å². The zero-order valence-corrected chi connectivity index (χ0v) is 25.4. The molecule has 0 bridgehead atoms. The lowest BCUT2D eigenvalue weighted by molar-refractivity contribution is 0.0174. The summed E-state index contributed by atoms with van der Waals surface area (Å²) in [5, 5.41) is 0. The predicted octanol–water partition coefficient (Wildman–Crippen LogP) is 6.56. The molecule has 1 aliphatic carbocycles. The van der Waals surface area contributed by atoms with Crippen LogP contribution in [0.3, 0.4) is 0 Å². The highest BCUT2D eigenvalue weighted by atomic mass is 32.2. The third-order valence-corrected chi connectivity index (χ3v) is 9.03. The molecule has 7 heteroatoms. The van der Waals surface area contributed by atoms with E-state index in [1.54, 1.807) is 0 Å². The number of fused-ring (bicyclic) bond motifs is 1. The van der Waals surface area contributed by atoms with E-state index in [0.717, 1.165) is 50.2 Å². The van der Waals surface area contributed by atoms with E-state index >= 15 is 0 Å². The first kappa shape index (κ1) is 29.4. The summed E-state index contributed by atoms with van der Waals surface area (Å²) in [6.45, 7) is 3.25. The molecule has 0 saturated carbocycles. The van der Waals surface area contributed by atoms with Crippen molar-refractivity contribution in [1.82, 2.24) is 4.90 Å². The van der Waals surface area contributed by atoms with Gasteiger partial charge in [0.05, 0.1) is 12.9 Å². The normalized spacial score (nSPS) is 18.9. The summed E-state index contributed by atoms with van der Waals surface area (Å²) < 4.78 is 39.5. The van der Waals surface area contributed by atoms with Gasteiger partial charge in [-0.3, -0.25) is 9.08 Å². The van der Waals surface area contributed by atoms with Crippen molar-refractivity contribution in [3.8, 4) is 11.5 Å². The van der Waals surface area contributed by atoms with Gasteiger partial charge in [0.2, 0.25) is 0 Å². The maximum Gasteiger partial charge on any atom is 0.264 e. The fraction of sp³-hybridized carbons (Fsp3) is 0.333. The van der Waals surface area contributed by atoms with Crippen molar-refractivity contribution in [2.24, 2.45) is 0 Å². The van der Waals surface area contributed by atoms with E-state index in [9.17, 15) is 8.42 Å². The van der Waals surface area contributed by atoms with Gasteiger partial charge in [0.15, 0.2) is 0 Å². The Labute approximate surface area is 255 Å². The van der Waals surface area contributed by atoms with Crippen molar-refractivity contribution >= 4 is 10.1 Å². The van der Waals surface area contributed by atoms with Crippen molar-refractivity contribution < 1.29 is 22.1 Å². The molecule has 0 radical (unpaired) electrons. The van der Waals surface area contributed by atoms with Gasteiger partial charge < -0.3 is 9.47 Å². The van der Waals surface area contributed by atoms with Gasteiger partial charge in [-0.1, -0.05) is 78.9 Å². The van der Waals surface area contributed by atoms with E-state index in [4.69, 9.17) is 13.7 Å². The first-order valence-corrected chi connectivity index (χ1v) is 16.9. The summed E-state index contributed by atoms with van der Waals surface area (Å²) in [6, 6.07) is 36.4. The Morgan fingerprint density at radius 3 is 2.23 bits per heavy atom. The molecule has 1 unspecified atom stereocenters. The molecule has 0 amide bonds. The summed E-state index contributed by atoms with van der Waals surface area (Å²) in [7, 11) is -3.37. The Hall–Kier alpha value is -3.65. The largest absolute Gasteiger partial charge is 0.489 e. The zero-order chi connectivity index (χ0) is 29.6. The molecular formula is C36H39NO5S. The first-order valence-electron chi connectivity index (χ1n) is 15.1. The van der Waals surface area contributed by atoms with Crippen LogP contribution in [0, 0.1) is 0 Å². The van der Waals surface area contributed by atoms with Gasteiger partial charge in [-0.15, -0.1) is 0 Å². The fourth-order valence-electron chi connectivity index (χ4n) is 6.32. The third-order valence-electron chi connectivity index (χ3n) is 8.43. The summed E-state index contributed by atoms with van der Waals surface area (Å²) in [4.78, 5) is 2.26. The second kappa shape index (κ2) is 13.3. The molecule has 0 aromatic heterocycles. The van der Waals surface area contributed by atoms with E-state index < -0.39 is 10.1 Å². The van der Waals surface area contributed by atoms with Gasteiger partial charge in [0.1, 0.15) is 24.2 Å². The SMILES string of the molecule is CS(=O)(=O)OCCCN1CC(Oc2ccc(C3c4ccc(OCc5ccccc5)cc4CC[C@@H]3c3ccccc3)cc2)C1. The van der Waals surface area contributed by atoms with Crippen LogP contribution in [-0.4, -0.2) is 51.9 Å². The Morgan fingerprint density at radius 2 is 1.51 bits per heavy atom. The minimum atomic E-state index is -3.37. The maximum atomic E-state index is 11.1. The molecule has 6 rings (SSSR count). The van der Waals surface area contributed by atoms with Crippen LogP contribution in [0.1, 0.15) is 52.5 Å². The Bertz CT molecular complexity index is 1590. The highest BCUT2D eigenvalue weighted by Gasteiger charge is 2.33. The standard InChI is InChI=1S/C36H39NO5S/c1-43(38,39)41-22-8-21-37-24-33(25-37)42-31-16-13-29(14-17-31)36-34(28-11-6-3-7-12-28)19-15-30-23-32(18-20-35(30)36)40-26-27-9-4-2-5-10-27/h2-7,9-14,16-18,20,23,33-34,36H,8,15,19,21-22,24-26H2,1H3/t34-,36?/m1/s1. The van der Waals surface area contributed by atoms with E-state index in [0.29, 0.717) is 18.9 Å². The number of hydrogen-bond donors (Lipinski definition) is 0. The van der Waals surface area contributed by atoms with Crippen LogP contribution in [0.5, 0.6) is 11.5 Å². The Balaban J connectivity index is 1.13. The van der Waals surface area contributed by atoms with Crippen molar-refractivity contribution in [2.45, 2.75) is 43.8 Å². The van der Waals surface area contributed by atoms with E-state index in [1.165, 1.54) is 27.8 Å². The average Bonchev–Trinajstić information content (AvgIpc) is 3.00. The molecule has 2 atom stereocenters. The molecule has 1 aliphatic heterocycles. The lowest BCUT2D eigenvalue weighted by Gasteiger charge is -2.39. The highest BCUT2D eigenvalue weighted by Crippen LogP contribution is 2.47. The molecule has 4 aromatic rings. The predicted molar refractivity (Wildman–Crippen MR) is 169 cm³/mol. The van der Waals surface area contributed by atoms with E-state index in [1.807, 2.05) is 18.2 Å². The monoisotopic (exact) mass is 597 g/mol. The van der Waals surface area contributed by atoms with E-state index in [2.05, 4.69) is 89.8 Å². The molecule has 0 spiro atoms. The molecule has 1 fully saturated rings. The van der Waals surface area contributed by atoms with Gasteiger partial charge in [0.25, 0.3) is 10.1 Å². The summed E-state index contributed by atoms with van der Waals surface area (Å²) in [6.07, 6.45) is 4.01. The minimum absolute atomic E-state index is 0.142. The average molecular weight is 598 g/mol. The molecule has 6 nitrogen and oxygen atoms in total. The Morgan fingerprint density at radius 1 is 0.814 bits per heavy atom. The number of hydrogen-bond acceptors (Lipinski definition) is 6. The second-order valence-corrected chi connectivity index (χ2v) is 13.3. The summed E-state index contributed by atoms with van der Waals surface area (Å²) >= 11 is 0. The smallest absolute Gasteiger partial charge is 0.264 e. The number of benzene rings is 4.